The van der Waals surface area contributed by atoms with Crippen LogP contribution >= 0.6 is 15.9 Å². The Kier molecular flexibility index (Phi) is 7.05. The molecular formula is C17H22BrNO4. The molecule has 0 spiro atoms. The predicted molar refractivity (Wildman–Crippen MR) is 90.0 cm³/mol. The maximum atomic E-state index is 12.4. The first-order chi connectivity index (χ1) is 11.0. The molecule has 0 bridgehead atoms. The van der Waals surface area contributed by atoms with Crippen molar-refractivity contribution in [3.8, 4) is 0 Å². The van der Waals surface area contributed by atoms with E-state index in [9.17, 15) is 9.59 Å². The van der Waals surface area contributed by atoms with Crippen LogP contribution < -0.4 is 0 Å². The van der Waals surface area contributed by atoms with Crippen molar-refractivity contribution in [3.63, 3.8) is 0 Å². The van der Waals surface area contributed by atoms with Gasteiger partial charge in [0.25, 0.3) is 0 Å². The molecule has 1 aromatic carbocycles. The number of benzene rings is 1. The van der Waals surface area contributed by atoms with E-state index in [2.05, 4.69) is 15.9 Å². The number of carbonyl (C=O) groups is 2. The van der Waals surface area contributed by atoms with Crippen LogP contribution in [0.15, 0.2) is 28.7 Å². The van der Waals surface area contributed by atoms with Gasteiger partial charge in [-0.3, -0.25) is 9.59 Å². The second kappa shape index (κ2) is 9.03. The number of carbonyl (C=O) groups excluding carboxylic acids is 1. The quantitative estimate of drug-likeness (QED) is 0.784. The number of halogens is 1. The molecule has 0 aromatic heterocycles. The zero-order chi connectivity index (χ0) is 16.7. The SMILES string of the molecule is O=C(O)CN(Cc1cccc(Br)c1)C(=O)CCC1CCCCO1. The van der Waals surface area contributed by atoms with Crippen molar-refractivity contribution in [2.45, 2.75) is 44.8 Å². The number of amides is 1. The first kappa shape index (κ1) is 17.9. The van der Waals surface area contributed by atoms with Crippen molar-refractivity contribution < 1.29 is 19.4 Å². The summed E-state index contributed by atoms with van der Waals surface area (Å²) in [7, 11) is 0. The molecule has 5 nitrogen and oxygen atoms in total. The zero-order valence-electron chi connectivity index (χ0n) is 13.0. The maximum absolute atomic E-state index is 12.4. The van der Waals surface area contributed by atoms with Crippen LogP contribution in [0.4, 0.5) is 0 Å². The summed E-state index contributed by atoms with van der Waals surface area (Å²) < 4.78 is 6.54. The van der Waals surface area contributed by atoms with Crippen molar-refractivity contribution >= 4 is 27.8 Å². The van der Waals surface area contributed by atoms with Crippen LogP contribution in [0.3, 0.4) is 0 Å². The molecule has 0 saturated carbocycles. The second-order valence-electron chi connectivity index (χ2n) is 5.80. The number of ether oxygens (including phenoxy) is 1. The first-order valence-electron chi connectivity index (χ1n) is 7.90. The number of aliphatic carboxylic acids is 1. The zero-order valence-corrected chi connectivity index (χ0v) is 14.6. The molecule has 1 fully saturated rings. The fourth-order valence-corrected chi connectivity index (χ4v) is 3.18. The van der Waals surface area contributed by atoms with Crippen LogP contribution in [0.1, 0.15) is 37.7 Å². The van der Waals surface area contributed by atoms with E-state index in [1.165, 1.54) is 4.90 Å². The van der Waals surface area contributed by atoms with Crippen molar-refractivity contribution in [1.29, 1.82) is 0 Å². The summed E-state index contributed by atoms with van der Waals surface area (Å²) in [4.78, 5) is 24.9. The molecule has 126 valence electrons. The average molecular weight is 384 g/mol. The van der Waals surface area contributed by atoms with Crippen molar-refractivity contribution in [2.24, 2.45) is 0 Å². The monoisotopic (exact) mass is 383 g/mol. The number of nitrogens with zero attached hydrogens (tertiary/aromatic N) is 1. The Morgan fingerprint density at radius 2 is 2.17 bits per heavy atom. The van der Waals surface area contributed by atoms with Crippen LogP contribution in [0.25, 0.3) is 0 Å². The van der Waals surface area contributed by atoms with Crippen molar-refractivity contribution in [3.05, 3.63) is 34.3 Å². The van der Waals surface area contributed by atoms with Gasteiger partial charge in [-0.25, -0.2) is 0 Å². The summed E-state index contributed by atoms with van der Waals surface area (Å²) in [5.74, 6) is -1.14. The smallest absolute Gasteiger partial charge is 0.323 e. The molecule has 2 rings (SSSR count). The maximum Gasteiger partial charge on any atom is 0.323 e. The third-order valence-electron chi connectivity index (χ3n) is 3.90. The fourth-order valence-electron chi connectivity index (χ4n) is 2.73. The summed E-state index contributed by atoms with van der Waals surface area (Å²) >= 11 is 3.39. The largest absolute Gasteiger partial charge is 0.480 e. The molecule has 6 heteroatoms. The minimum atomic E-state index is -0.998. The lowest BCUT2D eigenvalue weighted by atomic mass is 10.0. The molecule has 1 amide bonds. The summed E-state index contributed by atoms with van der Waals surface area (Å²) in [6, 6.07) is 7.55. The third kappa shape index (κ3) is 6.31. The molecule has 1 unspecified atom stereocenters. The number of hydrogen-bond donors (Lipinski definition) is 1. The van der Waals surface area contributed by atoms with Crippen LogP contribution in [-0.2, 0) is 20.9 Å². The number of carboxylic acid groups (broad SMARTS) is 1. The molecule has 1 saturated heterocycles. The Morgan fingerprint density at radius 1 is 1.35 bits per heavy atom. The molecular weight excluding hydrogens is 362 g/mol. The van der Waals surface area contributed by atoms with Crippen molar-refractivity contribution in [1.82, 2.24) is 4.90 Å². The Hall–Kier alpha value is -1.40. The Morgan fingerprint density at radius 3 is 2.83 bits per heavy atom. The van der Waals surface area contributed by atoms with E-state index in [1.807, 2.05) is 24.3 Å². The van der Waals surface area contributed by atoms with E-state index in [-0.39, 0.29) is 18.6 Å². The van der Waals surface area contributed by atoms with Gasteiger partial charge in [-0.05, 0) is 43.4 Å². The highest BCUT2D eigenvalue weighted by molar-refractivity contribution is 9.10. The van der Waals surface area contributed by atoms with E-state index in [0.717, 1.165) is 35.9 Å². The van der Waals surface area contributed by atoms with Gasteiger partial charge in [0.05, 0.1) is 6.10 Å². The molecule has 1 aliphatic heterocycles. The van der Waals surface area contributed by atoms with E-state index >= 15 is 0 Å². The average Bonchev–Trinajstić information content (AvgIpc) is 2.52. The minimum absolute atomic E-state index is 0.130. The Labute approximate surface area is 144 Å². The van der Waals surface area contributed by atoms with Gasteiger partial charge in [0.2, 0.25) is 5.91 Å². The topological polar surface area (TPSA) is 66.8 Å². The van der Waals surface area contributed by atoms with Gasteiger partial charge in [0.1, 0.15) is 6.54 Å². The molecule has 1 heterocycles. The van der Waals surface area contributed by atoms with E-state index in [0.29, 0.717) is 19.4 Å². The molecule has 23 heavy (non-hydrogen) atoms. The summed E-state index contributed by atoms with van der Waals surface area (Å²) in [5, 5.41) is 9.05. The van der Waals surface area contributed by atoms with Gasteiger partial charge in [0.15, 0.2) is 0 Å². The lowest BCUT2D eigenvalue weighted by Gasteiger charge is -2.25. The lowest BCUT2D eigenvalue weighted by molar-refractivity contribution is -0.145. The summed E-state index contributed by atoms with van der Waals surface area (Å²) in [6.45, 7) is 0.780. The Balaban J connectivity index is 1.93. The second-order valence-corrected chi connectivity index (χ2v) is 6.72. The summed E-state index contributed by atoms with van der Waals surface area (Å²) in [5.41, 5.74) is 0.905. The van der Waals surface area contributed by atoms with E-state index in [4.69, 9.17) is 9.84 Å². The molecule has 1 aromatic rings. The standard InChI is InChI=1S/C17H22BrNO4/c18-14-5-3-4-13(10-14)11-19(12-17(21)22)16(20)8-7-15-6-1-2-9-23-15/h3-5,10,15H,1-2,6-9,11-12H2,(H,21,22). The highest BCUT2D eigenvalue weighted by atomic mass is 79.9. The number of carboxylic acids is 1. The van der Waals surface area contributed by atoms with Gasteiger partial charge in [-0.2, -0.15) is 0 Å². The number of hydrogen-bond acceptors (Lipinski definition) is 3. The van der Waals surface area contributed by atoms with Gasteiger partial charge < -0.3 is 14.7 Å². The Bertz CT molecular complexity index is 543. The molecule has 1 atom stereocenters. The van der Waals surface area contributed by atoms with Crippen molar-refractivity contribution in [2.75, 3.05) is 13.2 Å². The van der Waals surface area contributed by atoms with E-state index in [1.54, 1.807) is 0 Å². The van der Waals surface area contributed by atoms with Gasteiger partial charge >= 0.3 is 5.97 Å². The van der Waals surface area contributed by atoms with Gasteiger partial charge in [-0.1, -0.05) is 28.1 Å². The van der Waals surface area contributed by atoms with Gasteiger partial charge in [0, 0.05) is 24.0 Å². The van der Waals surface area contributed by atoms with Crippen LogP contribution in [0, 0.1) is 0 Å². The minimum Gasteiger partial charge on any atom is -0.480 e. The lowest BCUT2D eigenvalue weighted by Crippen LogP contribution is -2.35. The molecule has 1 N–H and O–H groups in total. The number of rotatable bonds is 7. The van der Waals surface area contributed by atoms with E-state index < -0.39 is 5.97 Å². The third-order valence-corrected chi connectivity index (χ3v) is 4.39. The van der Waals surface area contributed by atoms with Crippen LogP contribution in [0.2, 0.25) is 0 Å². The molecule has 0 radical (unpaired) electrons. The molecule has 1 aliphatic rings. The fraction of sp³-hybridized carbons (Fsp3) is 0.529. The van der Waals surface area contributed by atoms with Crippen LogP contribution in [0.5, 0.6) is 0 Å². The van der Waals surface area contributed by atoms with Gasteiger partial charge in [-0.15, -0.1) is 0 Å². The predicted octanol–water partition coefficient (Wildman–Crippen LogP) is 3.21. The first-order valence-corrected chi connectivity index (χ1v) is 8.69. The highest BCUT2D eigenvalue weighted by Gasteiger charge is 2.20. The summed E-state index contributed by atoms with van der Waals surface area (Å²) in [6.07, 6.45) is 4.32. The normalized spacial score (nSPS) is 17.7. The molecule has 0 aliphatic carbocycles. The van der Waals surface area contributed by atoms with Crippen LogP contribution in [-0.4, -0.2) is 41.1 Å². The highest BCUT2D eigenvalue weighted by Crippen LogP contribution is 2.18.